The molecule has 2 rings (SSSR count). The zero-order chi connectivity index (χ0) is 17.9. The topological polar surface area (TPSA) is 48.9 Å². The van der Waals surface area contributed by atoms with E-state index >= 15 is 0 Å². The molecular formula is C20H34N4O. The van der Waals surface area contributed by atoms with Gasteiger partial charge in [0, 0.05) is 39.8 Å². The van der Waals surface area contributed by atoms with E-state index in [2.05, 4.69) is 58.6 Å². The number of hydrogen-bond donors (Lipinski definition) is 2. The van der Waals surface area contributed by atoms with Crippen LogP contribution in [-0.2, 0) is 17.8 Å². The second kappa shape index (κ2) is 11.1. The van der Waals surface area contributed by atoms with Crippen LogP contribution in [0.25, 0.3) is 0 Å². The molecule has 0 amide bonds. The van der Waals surface area contributed by atoms with E-state index in [-0.39, 0.29) is 0 Å². The van der Waals surface area contributed by atoms with Gasteiger partial charge in [0.05, 0.1) is 13.2 Å². The molecule has 0 unspecified atom stereocenters. The summed E-state index contributed by atoms with van der Waals surface area (Å²) in [6.45, 7) is 11.0. The lowest BCUT2D eigenvalue weighted by atomic mass is 10.0. The van der Waals surface area contributed by atoms with Crippen LogP contribution in [0.4, 0.5) is 0 Å². The van der Waals surface area contributed by atoms with E-state index in [4.69, 9.17) is 4.74 Å². The monoisotopic (exact) mass is 346 g/mol. The highest BCUT2D eigenvalue weighted by Crippen LogP contribution is 2.13. The van der Waals surface area contributed by atoms with Crippen molar-refractivity contribution in [2.75, 3.05) is 39.9 Å². The molecule has 1 aromatic rings. The quantitative estimate of drug-likeness (QED) is 0.561. The van der Waals surface area contributed by atoms with Gasteiger partial charge in [-0.05, 0) is 17.0 Å². The third-order valence-electron chi connectivity index (χ3n) is 5.00. The largest absolute Gasteiger partial charge is 0.379 e. The minimum absolute atomic E-state index is 0.701. The molecule has 0 aliphatic carbocycles. The minimum Gasteiger partial charge on any atom is -0.379 e. The van der Waals surface area contributed by atoms with Crippen LogP contribution in [0, 0.1) is 5.92 Å². The number of nitrogens with one attached hydrogen (secondary N) is 2. The molecule has 1 aliphatic rings. The van der Waals surface area contributed by atoms with E-state index in [0.717, 1.165) is 51.9 Å². The molecule has 0 atom stereocenters. The average Bonchev–Trinajstić information content (AvgIpc) is 2.67. The van der Waals surface area contributed by atoms with E-state index < -0.39 is 0 Å². The maximum Gasteiger partial charge on any atom is 0.191 e. The SMILES string of the molecule is CCC(CC)CNC(=NC)NCc1ccccc1CN1CCOCC1. The summed E-state index contributed by atoms with van der Waals surface area (Å²) in [6.07, 6.45) is 2.39. The standard InChI is InChI=1S/C20H34N4O/c1-4-17(5-2)14-22-20(21-3)23-15-18-8-6-7-9-19(18)16-24-10-12-25-13-11-24/h6-9,17H,4-5,10-16H2,1-3H3,(H2,21,22,23). The molecule has 5 heteroatoms. The first-order chi connectivity index (χ1) is 12.3. The predicted molar refractivity (Wildman–Crippen MR) is 105 cm³/mol. The van der Waals surface area contributed by atoms with Gasteiger partial charge >= 0.3 is 0 Å². The van der Waals surface area contributed by atoms with Crippen LogP contribution < -0.4 is 10.6 Å². The van der Waals surface area contributed by atoms with Gasteiger partial charge < -0.3 is 15.4 Å². The lowest BCUT2D eigenvalue weighted by molar-refractivity contribution is 0.0341. The highest BCUT2D eigenvalue weighted by molar-refractivity contribution is 5.79. The van der Waals surface area contributed by atoms with Crippen LogP contribution in [0.15, 0.2) is 29.3 Å². The molecule has 1 saturated heterocycles. The Morgan fingerprint density at radius 1 is 1.12 bits per heavy atom. The fourth-order valence-electron chi connectivity index (χ4n) is 3.10. The summed E-state index contributed by atoms with van der Waals surface area (Å²) in [6, 6.07) is 8.67. The van der Waals surface area contributed by atoms with Crippen LogP contribution >= 0.6 is 0 Å². The number of morpholine rings is 1. The first-order valence-electron chi connectivity index (χ1n) is 9.58. The Bertz CT molecular complexity index is 522. The molecule has 1 aliphatic heterocycles. The summed E-state index contributed by atoms with van der Waals surface area (Å²) in [4.78, 5) is 6.82. The molecule has 0 bridgehead atoms. The van der Waals surface area contributed by atoms with Crippen molar-refractivity contribution in [3.8, 4) is 0 Å². The molecule has 1 heterocycles. The highest BCUT2D eigenvalue weighted by atomic mass is 16.5. The molecule has 1 fully saturated rings. The maximum absolute atomic E-state index is 5.45. The molecule has 2 N–H and O–H groups in total. The number of benzene rings is 1. The fraction of sp³-hybridized carbons (Fsp3) is 0.650. The lowest BCUT2D eigenvalue weighted by Gasteiger charge is -2.27. The van der Waals surface area contributed by atoms with Crippen molar-refractivity contribution in [1.82, 2.24) is 15.5 Å². The number of ether oxygens (including phenoxy) is 1. The predicted octanol–water partition coefficient (Wildman–Crippen LogP) is 2.62. The van der Waals surface area contributed by atoms with Crippen LogP contribution in [0.5, 0.6) is 0 Å². The van der Waals surface area contributed by atoms with Gasteiger partial charge in [-0.2, -0.15) is 0 Å². The van der Waals surface area contributed by atoms with Crippen LogP contribution in [-0.4, -0.2) is 50.8 Å². The summed E-state index contributed by atoms with van der Waals surface area (Å²) in [5.74, 6) is 1.58. The average molecular weight is 347 g/mol. The molecule has 0 radical (unpaired) electrons. The Labute approximate surface area is 152 Å². The lowest BCUT2D eigenvalue weighted by Crippen LogP contribution is -2.39. The van der Waals surface area contributed by atoms with Crippen molar-refractivity contribution >= 4 is 5.96 Å². The van der Waals surface area contributed by atoms with Gasteiger partial charge in [0.2, 0.25) is 0 Å². The first kappa shape index (κ1) is 19.7. The van der Waals surface area contributed by atoms with Gasteiger partial charge in [0.15, 0.2) is 5.96 Å². The second-order valence-corrected chi connectivity index (χ2v) is 6.65. The zero-order valence-corrected chi connectivity index (χ0v) is 16.1. The zero-order valence-electron chi connectivity index (χ0n) is 16.1. The van der Waals surface area contributed by atoms with Crippen LogP contribution in [0.2, 0.25) is 0 Å². The third kappa shape index (κ3) is 6.67. The first-order valence-corrected chi connectivity index (χ1v) is 9.58. The molecule has 5 nitrogen and oxygen atoms in total. The van der Waals surface area contributed by atoms with Gasteiger partial charge in [-0.15, -0.1) is 0 Å². The van der Waals surface area contributed by atoms with Gasteiger partial charge in [-0.25, -0.2) is 0 Å². The van der Waals surface area contributed by atoms with E-state index in [1.807, 2.05) is 7.05 Å². The smallest absolute Gasteiger partial charge is 0.191 e. The summed E-state index contributed by atoms with van der Waals surface area (Å²) in [5, 5.41) is 6.92. The number of aliphatic imine (C=N–C) groups is 1. The molecule has 1 aromatic carbocycles. The number of hydrogen-bond acceptors (Lipinski definition) is 3. The number of nitrogens with zero attached hydrogens (tertiary/aromatic N) is 2. The van der Waals surface area contributed by atoms with Crippen LogP contribution in [0.3, 0.4) is 0 Å². The highest BCUT2D eigenvalue weighted by Gasteiger charge is 2.13. The molecule has 0 spiro atoms. The van der Waals surface area contributed by atoms with Gasteiger partial charge in [-0.1, -0.05) is 51.0 Å². The second-order valence-electron chi connectivity index (χ2n) is 6.65. The van der Waals surface area contributed by atoms with Gasteiger partial charge in [0.25, 0.3) is 0 Å². The van der Waals surface area contributed by atoms with Crippen molar-refractivity contribution in [1.29, 1.82) is 0 Å². The van der Waals surface area contributed by atoms with Crippen LogP contribution in [0.1, 0.15) is 37.8 Å². The molecule has 0 aromatic heterocycles. The Morgan fingerprint density at radius 3 is 2.44 bits per heavy atom. The summed E-state index contributed by atoms with van der Waals surface area (Å²) < 4.78 is 5.45. The van der Waals surface area contributed by atoms with Crippen molar-refractivity contribution in [3.63, 3.8) is 0 Å². The molecule has 140 valence electrons. The fourth-order valence-corrected chi connectivity index (χ4v) is 3.10. The van der Waals surface area contributed by atoms with Crippen molar-refractivity contribution in [2.45, 2.75) is 39.8 Å². The summed E-state index contributed by atoms with van der Waals surface area (Å²) in [5.41, 5.74) is 2.71. The molecule has 0 saturated carbocycles. The Kier molecular flexibility index (Phi) is 8.77. The van der Waals surface area contributed by atoms with E-state index in [0.29, 0.717) is 5.92 Å². The van der Waals surface area contributed by atoms with E-state index in [9.17, 15) is 0 Å². The minimum atomic E-state index is 0.701. The van der Waals surface area contributed by atoms with Crippen molar-refractivity contribution in [3.05, 3.63) is 35.4 Å². The normalized spacial score (nSPS) is 16.2. The van der Waals surface area contributed by atoms with Crippen molar-refractivity contribution < 1.29 is 4.74 Å². The maximum atomic E-state index is 5.45. The van der Waals surface area contributed by atoms with E-state index in [1.54, 1.807) is 0 Å². The van der Waals surface area contributed by atoms with Gasteiger partial charge in [-0.3, -0.25) is 9.89 Å². The van der Waals surface area contributed by atoms with Crippen molar-refractivity contribution in [2.24, 2.45) is 10.9 Å². The Balaban J connectivity index is 1.88. The summed E-state index contributed by atoms with van der Waals surface area (Å²) in [7, 11) is 1.84. The number of guanidine groups is 1. The Morgan fingerprint density at radius 2 is 1.80 bits per heavy atom. The van der Waals surface area contributed by atoms with Gasteiger partial charge in [0.1, 0.15) is 0 Å². The third-order valence-corrected chi connectivity index (χ3v) is 5.00. The number of rotatable bonds is 8. The van der Waals surface area contributed by atoms with E-state index in [1.165, 1.54) is 24.0 Å². The molecular weight excluding hydrogens is 312 g/mol. The Hall–Kier alpha value is -1.59. The summed E-state index contributed by atoms with van der Waals surface area (Å²) >= 11 is 0. The molecule has 25 heavy (non-hydrogen) atoms.